The van der Waals surface area contributed by atoms with Gasteiger partial charge in [-0.2, -0.15) is 0 Å². The molecule has 0 spiro atoms. The van der Waals surface area contributed by atoms with Crippen molar-refractivity contribution in [3.05, 3.63) is 112 Å². The molecule has 1 amide bonds. The highest BCUT2D eigenvalue weighted by atomic mass is 16.5. The molecule has 0 atom stereocenters. The maximum Gasteiger partial charge on any atom is 0.265 e. The van der Waals surface area contributed by atoms with Crippen LogP contribution in [0.2, 0.25) is 0 Å². The van der Waals surface area contributed by atoms with E-state index < -0.39 is 0 Å². The molecule has 8 nitrogen and oxygen atoms in total. The zero-order chi connectivity index (χ0) is 27.4. The van der Waals surface area contributed by atoms with Crippen LogP contribution in [0, 0.1) is 0 Å². The van der Waals surface area contributed by atoms with E-state index in [-0.39, 0.29) is 35.8 Å². The van der Waals surface area contributed by atoms with Gasteiger partial charge in [0.15, 0.2) is 0 Å². The number of aromatic hydroxyl groups is 1. The van der Waals surface area contributed by atoms with Crippen molar-refractivity contribution in [3.8, 4) is 28.6 Å². The van der Waals surface area contributed by atoms with Crippen molar-refractivity contribution < 1.29 is 19.4 Å². The van der Waals surface area contributed by atoms with E-state index in [0.717, 1.165) is 11.1 Å². The number of hydrogen-bond donors (Lipinski definition) is 2. The number of nitrogens with one attached hydrogen (secondary N) is 1. The van der Waals surface area contributed by atoms with Gasteiger partial charge in [-0.05, 0) is 60.2 Å². The smallest absolute Gasteiger partial charge is 0.265 e. The lowest BCUT2D eigenvalue weighted by atomic mass is 10.1. The molecule has 0 aliphatic carbocycles. The van der Waals surface area contributed by atoms with E-state index in [1.54, 1.807) is 48.1 Å². The number of phenols is 1. The Labute approximate surface area is 225 Å². The second-order valence-corrected chi connectivity index (χ2v) is 9.00. The van der Waals surface area contributed by atoms with Gasteiger partial charge in [0.25, 0.3) is 5.56 Å². The molecule has 5 rings (SSSR count). The molecule has 196 valence electrons. The van der Waals surface area contributed by atoms with Crippen molar-refractivity contribution in [2.45, 2.75) is 20.1 Å². The number of hydrogen-bond acceptors (Lipinski definition) is 6. The molecule has 39 heavy (non-hydrogen) atoms. The lowest BCUT2D eigenvalue weighted by Gasteiger charge is -2.17. The molecule has 0 saturated carbocycles. The largest absolute Gasteiger partial charge is 0.507 e. The summed E-state index contributed by atoms with van der Waals surface area (Å²) in [5, 5.41) is 13.4. The van der Waals surface area contributed by atoms with Crippen LogP contribution in [-0.4, -0.2) is 27.7 Å². The topological polar surface area (TPSA) is 103 Å². The highest BCUT2D eigenvalue weighted by Gasteiger charge is 2.17. The van der Waals surface area contributed by atoms with Crippen molar-refractivity contribution in [1.82, 2.24) is 9.55 Å². The third-order valence-corrected chi connectivity index (χ3v) is 6.25. The van der Waals surface area contributed by atoms with Crippen LogP contribution in [0.25, 0.3) is 22.3 Å². The molecular weight excluding hydrogens is 494 g/mol. The Balaban J connectivity index is 1.54. The van der Waals surface area contributed by atoms with E-state index in [1.165, 1.54) is 13.0 Å². The van der Waals surface area contributed by atoms with Gasteiger partial charge in [-0.1, -0.05) is 36.4 Å². The van der Waals surface area contributed by atoms with E-state index in [9.17, 15) is 14.7 Å². The SMILES string of the molecule is COc1ccc(-c2nc3cccc(O)c3c(=O)n2Cc2ccccc2)cc1COc1ccc(NC(C)=O)cc1. The van der Waals surface area contributed by atoms with Crippen molar-refractivity contribution in [2.75, 3.05) is 12.4 Å². The summed E-state index contributed by atoms with van der Waals surface area (Å²) >= 11 is 0. The van der Waals surface area contributed by atoms with Crippen LogP contribution < -0.4 is 20.3 Å². The van der Waals surface area contributed by atoms with Crippen LogP contribution in [0.4, 0.5) is 5.69 Å². The average Bonchev–Trinajstić information content (AvgIpc) is 2.94. The minimum atomic E-state index is -0.329. The number of anilines is 1. The van der Waals surface area contributed by atoms with Crippen molar-refractivity contribution in [1.29, 1.82) is 0 Å². The molecule has 0 aliphatic rings. The summed E-state index contributed by atoms with van der Waals surface area (Å²) in [5.74, 6) is 1.46. The number of phenolic OH excluding ortho intramolecular Hbond substituents is 1. The van der Waals surface area contributed by atoms with Crippen molar-refractivity contribution in [3.63, 3.8) is 0 Å². The Kier molecular flexibility index (Phi) is 7.27. The van der Waals surface area contributed by atoms with E-state index in [2.05, 4.69) is 5.32 Å². The quantitative estimate of drug-likeness (QED) is 0.285. The van der Waals surface area contributed by atoms with Crippen LogP contribution in [0.1, 0.15) is 18.1 Å². The second kappa shape index (κ2) is 11.1. The number of rotatable bonds is 8. The molecular formula is C31H27N3O5. The van der Waals surface area contributed by atoms with Gasteiger partial charge in [0.1, 0.15) is 35.1 Å². The predicted molar refractivity (Wildman–Crippen MR) is 150 cm³/mol. The molecule has 0 bridgehead atoms. The number of nitrogens with zero attached hydrogens (tertiary/aromatic N) is 2. The zero-order valence-electron chi connectivity index (χ0n) is 21.5. The molecule has 4 aromatic carbocycles. The molecule has 0 aliphatic heterocycles. The number of methoxy groups -OCH3 is 1. The van der Waals surface area contributed by atoms with E-state index in [1.807, 2.05) is 48.5 Å². The summed E-state index contributed by atoms with van der Waals surface area (Å²) in [7, 11) is 1.59. The summed E-state index contributed by atoms with van der Waals surface area (Å²) in [6, 6.07) is 27.1. The number of carbonyl (C=O) groups is 1. The number of fused-ring (bicyclic) bond motifs is 1. The van der Waals surface area contributed by atoms with Crippen LogP contribution >= 0.6 is 0 Å². The number of amides is 1. The Morgan fingerprint density at radius 2 is 1.74 bits per heavy atom. The van der Waals surface area contributed by atoms with Crippen molar-refractivity contribution in [2.24, 2.45) is 0 Å². The molecule has 5 aromatic rings. The summed E-state index contributed by atoms with van der Waals surface area (Å²) in [6.45, 7) is 1.94. The van der Waals surface area contributed by atoms with Gasteiger partial charge in [-0.15, -0.1) is 0 Å². The normalized spacial score (nSPS) is 10.8. The van der Waals surface area contributed by atoms with Crippen LogP contribution in [0.15, 0.2) is 95.8 Å². The molecule has 2 N–H and O–H groups in total. The van der Waals surface area contributed by atoms with Gasteiger partial charge in [-0.3, -0.25) is 14.2 Å². The highest BCUT2D eigenvalue weighted by molar-refractivity contribution is 5.88. The minimum absolute atomic E-state index is 0.105. The van der Waals surface area contributed by atoms with Gasteiger partial charge in [0.05, 0.1) is 19.2 Å². The van der Waals surface area contributed by atoms with E-state index in [0.29, 0.717) is 34.1 Å². The van der Waals surface area contributed by atoms with E-state index >= 15 is 0 Å². The minimum Gasteiger partial charge on any atom is -0.507 e. The van der Waals surface area contributed by atoms with Gasteiger partial charge in [-0.25, -0.2) is 4.98 Å². The molecule has 0 radical (unpaired) electrons. The first-order valence-corrected chi connectivity index (χ1v) is 12.4. The van der Waals surface area contributed by atoms with Gasteiger partial charge >= 0.3 is 0 Å². The summed E-state index contributed by atoms with van der Waals surface area (Å²) in [6.07, 6.45) is 0. The Morgan fingerprint density at radius 1 is 0.974 bits per heavy atom. The van der Waals surface area contributed by atoms with Crippen LogP contribution in [0.5, 0.6) is 17.2 Å². The maximum atomic E-state index is 13.6. The fraction of sp³-hybridized carbons (Fsp3) is 0.129. The van der Waals surface area contributed by atoms with E-state index in [4.69, 9.17) is 14.5 Å². The molecule has 8 heteroatoms. The maximum absolute atomic E-state index is 13.6. The Hall–Kier alpha value is -5.11. The molecule has 1 aromatic heterocycles. The third-order valence-electron chi connectivity index (χ3n) is 6.25. The second-order valence-electron chi connectivity index (χ2n) is 9.00. The first-order chi connectivity index (χ1) is 18.9. The third kappa shape index (κ3) is 5.60. The van der Waals surface area contributed by atoms with Crippen molar-refractivity contribution >= 4 is 22.5 Å². The fourth-order valence-corrected chi connectivity index (χ4v) is 4.41. The Bertz CT molecular complexity index is 1700. The molecule has 0 fully saturated rings. The first-order valence-electron chi connectivity index (χ1n) is 12.4. The predicted octanol–water partition coefficient (Wildman–Crippen LogP) is 5.36. The Morgan fingerprint density at radius 3 is 2.46 bits per heavy atom. The zero-order valence-corrected chi connectivity index (χ0v) is 21.5. The summed E-state index contributed by atoms with van der Waals surface area (Å²) in [5.41, 5.74) is 3.15. The number of aromatic nitrogens is 2. The fourth-order valence-electron chi connectivity index (χ4n) is 4.41. The summed E-state index contributed by atoms with van der Waals surface area (Å²) in [4.78, 5) is 29.7. The number of benzene rings is 4. The van der Waals surface area contributed by atoms with Crippen LogP contribution in [0.3, 0.4) is 0 Å². The molecule has 1 heterocycles. The lowest BCUT2D eigenvalue weighted by molar-refractivity contribution is -0.114. The standard InChI is InChI=1S/C31H27N3O5/c1-20(35)32-24-12-14-25(15-13-24)39-19-23-17-22(11-16-28(23)38-2)30-33-26-9-6-10-27(36)29(26)31(37)34(30)18-21-7-4-3-5-8-21/h3-17,36H,18-19H2,1-2H3,(H,32,35). The average molecular weight is 522 g/mol. The summed E-state index contributed by atoms with van der Waals surface area (Å²) < 4.78 is 13.2. The van der Waals surface area contributed by atoms with Gasteiger partial charge in [0, 0.05) is 23.7 Å². The van der Waals surface area contributed by atoms with Gasteiger partial charge < -0.3 is 19.9 Å². The highest BCUT2D eigenvalue weighted by Crippen LogP contribution is 2.29. The number of carbonyl (C=O) groups excluding carboxylic acids is 1. The lowest BCUT2D eigenvalue weighted by Crippen LogP contribution is -2.24. The number of ether oxygens (including phenoxy) is 2. The molecule has 0 saturated heterocycles. The first kappa shape index (κ1) is 25.5. The monoisotopic (exact) mass is 521 g/mol. The molecule has 0 unspecified atom stereocenters. The van der Waals surface area contributed by atoms with Crippen LogP contribution in [-0.2, 0) is 17.9 Å². The van der Waals surface area contributed by atoms with Gasteiger partial charge in [0.2, 0.25) is 5.91 Å².